The van der Waals surface area contributed by atoms with E-state index in [2.05, 4.69) is 10.3 Å². The van der Waals surface area contributed by atoms with Gasteiger partial charge in [-0.25, -0.2) is 4.79 Å². The van der Waals surface area contributed by atoms with Crippen molar-refractivity contribution in [1.29, 1.82) is 0 Å². The summed E-state index contributed by atoms with van der Waals surface area (Å²) in [5.74, 6) is -1.07. The van der Waals surface area contributed by atoms with E-state index in [0.29, 0.717) is 12.2 Å². The number of nitrogens with zero attached hydrogens (tertiary/aromatic N) is 2. The van der Waals surface area contributed by atoms with Crippen LogP contribution in [0, 0.1) is 5.92 Å². The van der Waals surface area contributed by atoms with Crippen LogP contribution in [0.4, 0.5) is 5.69 Å². The highest BCUT2D eigenvalue weighted by Crippen LogP contribution is 2.25. The van der Waals surface area contributed by atoms with Gasteiger partial charge in [0, 0.05) is 32.5 Å². The first-order valence-corrected chi connectivity index (χ1v) is 6.27. The number of aromatic carboxylic acids is 1. The fourth-order valence-corrected chi connectivity index (χ4v) is 2.44. The Morgan fingerprint density at radius 2 is 2.32 bits per heavy atom. The molecule has 0 aromatic carbocycles. The number of carboxylic acids is 1. The predicted octanol–water partition coefficient (Wildman–Crippen LogP) is 0.742. The molecule has 19 heavy (non-hydrogen) atoms. The van der Waals surface area contributed by atoms with E-state index in [0.717, 1.165) is 19.4 Å². The Bertz CT molecular complexity index is 490. The zero-order chi connectivity index (χ0) is 13.8. The maximum atomic E-state index is 11.7. The molecule has 1 saturated heterocycles. The molecule has 1 aromatic rings. The summed E-state index contributed by atoms with van der Waals surface area (Å²) in [5.41, 5.74) is 0.816. The average Bonchev–Trinajstić information content (AvgIpc) is 2.46. The lowest BCUT2D eigenvalue weighted by Crippen LogP contribution is -2.42. The second-order valence-corrected chi connectivity index (χ2v) is 4.60. The molecule has 1 aliphatic rings. The van der Waals surface area contributed by atoms with Gasteiger partial charge in [-0.1, -0.05) is 0 Å². The third-order valence-electron chi connectivity index (χ3n) is 3.41. The molecule has 0 aliphatic carbocycles. The van der Waals surface area contributed by atoms with Gasteiger partial charge in [-0.2, -0.15) is 0 Å². The molecule has 102 valence electrons. The standard InChI is InChI=1S/C13H17N3O3/c1-14-12(17)9-3-2-6-16(8-9)11-4-5-15-7-10(11)13(18)19/h4-5,7,9H,2-3,6,8H2,1H3,(H,14,17)(H,18,19). The van der Waals surface area contributed by atoms with E-state index >= 15 is 0 Å². The van der Waals surface area contributed by atoms with Crippen LogP contribution in [0.15, 0.2) is 18.5 Å². The van der Waals surface area contributed by atoms with Gasteiger partial charge in [0.25, 0.3) is 0 Å². The van der Waals surface area contributed by atoms with Crippen molar-refractivity contribution in [2.75, 3.05) is 25.0 Å². The summed E-state index contributed by atoms with van der Waals surface area (Å²) in [6.07, 6.45) is 4.63. The number of anilines is 1. The third-order valence-corrected chi connectivity index (χ3v) is 3.41. The number of rotatable bonds is 3. The van der Waals surface area contributed by atoms with Crippen LogP contribution < -0.4 is 10.2 Å². The predicted molar refractivity (Wildman–Crippen MR) is 70.2 cm³/mol. The zero-order valence-electron chi connectivity index (χ0n) is 10.8. The molecule has 1 unspecified atom stereocenters. The average molecular weight is 263 g/mol. The van der Waals surface area contributed by atoms with Crippen molar-refractivity contribution in [2.24, 2.45) is 5.92 Å². The van der Waals surface area contributed by atoms with Crippen LogP contribution in [-0.4, -0.2) is 42.1 Å². The Kier molecular flexibility index (Phi) is 3.99. The molecule has 0 radical (unpaired) electrons. The van der Waals surface area contributed by atoms with E-state index in [1.54, 1.807) is 19.3 Å². The molecule has 1 fully saturated rings. The Morgan fingerprint density at radius 3 is 3.00 bits per heavy atom. The second kappa shape index (κ2) is 5.69. The topological polar surface area (TPSA) is 82.5 Å². The number of carbonyl (C=O) groups is 2. The number of aromatic nitrogens is 1. The van der Waals surface area contributed by atoms with Crippen molar-refractivity contribution in [3.05, 3.63) is 24.0 Å². The summed E-state index contributed by atoms with van der Waals surface area (Å²) in [5, 5.41) is 11.8. The zero-order valence-corrected chi connectivity index (χ0v) is 10.8. The van der Waals surface area contributed by atoms with Gasteiger partial charge >= 0.3 is 5.97 Å². The van der Waals surface area contributed by atoms with Gasteiger partial charge in [-0.3, -0.25) is 9.78 Å². The quantitative estimate of drug-likeness (QED) is 0.840. The minimum atomic E-state index is -0.995. The molecular weight excluding hydrogens is 246 g/mol. The molecule has 1 atom stereocenters. The summed E-state index contributed by atoms with van der Waals surface area (Å²) < 4.78 is 0. The van der Waals surface area contributed by atoms with E-state index in [-0.39, 0.29) is 17.4 Å². The number of carbonyl (C=O) groups excluding carboxylic acids is 1. The van der Waals surface area contributed by atoms with E-state index in [9.17, 15) is 14.7 Å². The van der Waals surface area contributed by atoms with Crippen molar-refractivity contribution < 1.29 is 14.7 Å². The summed E-state index contributed by atoms with van der Waals surface area (Å²) in [4.78, 5) is 28.7. The van der Waals surface area contributed by atoms with Gasteiger partial charge < -0.3 is 15.3 Å². The van der Waals surface area contributed by atoms with Crippen LogP contribution in [0.25, 0.3) is 0 Å². The molecule has 2 N–H and O–H groups in total. The van der Waals surface area contributed by atoms with Crippen LogP contribution in [0.2, 0.25) is 0 Å². The maximum absolute atomic E-state index is 11.7. The van der Waals surface area contributed by atoms with Gasteiger partial charge in [0.05, 0.1) is 11.6 Å². The first-order valence-electron chi connectivity index (χ1n) is 6.27. The fraction of sp³-hybridized carbons (Fsp3) is 0.462. The smallest absolute Gasteiger partial charge is 0.339 e. The summed E-state index contributed by atoms with van der Waals surface area (Å²) >= 11 is 0. The normalized spacial score (nSPS) is 19.0. The Morgan fingerprint density at radius 1 is 1.53 bits per heavy atom. The van der Waals surface area contributed by atoms with Crippen molar-refractivity contribution >= 4 is 17.6 Å². The highest BCUT2D eigenvalue weighted by atomic mass is 16.4. The summed E-state index contributed by atoms with van der Waals surface area (Å²) in [6.45, 7) is 1.31. The SMILES string of the molecule is CNC(=O)C1CCCN(c2ccncc2C(=O)O)C1. The number of carboxylic acid groups (broad SMARTS) is 1. The molecule has 1 aliphatic heterocycles. The highest BCUT2D eigenvalue weighted by molar-refractivity contribution is 5.94. The van der Waals surface area contributed by atoms with Gasteiger partial charge in [0.15, 0.2) is 0 Å². The Labute approximate surface area is 111 Å². The largest absolute Gasteiger partial charge is 0.478 e. The van der Waals surface area contributed by atoms with Crippen LogP contribution in [0.3, 0.4) is 0 Å². The van der Waals surface area contributed by atoms with E-state index < -0.39 is 5.97 Å². The molecule has 2 heterocycles. The van der Waals surface area contributed by atoms with Crippen molar-refractivity contribution in [3.63, 3.8) is 0 Å². The third kappa shape index (κ3) is 2.83. The number of hydrogen-bond donors (Lipinski definition) is 2. The lowest BCUT2D eigenvalue weighted by Gasteiger charge is -2.34. The lowest BCUT2D eigenvalue weighted by atomic mass is 9.96. The van der Waals surface area contributed by atoms with E-state index in [1.807, 2.05) is 4.90 Å². The first-order chi connectivity index (χ1) is 9.13. The van der Waals surface area contributed by atoms with Crippen molar-refractivity contribution in [2.45, 2.75) is 12.8 Å². The van der Waals surface area contributed by atoms with E-state index in [1.165, 1.54) is 6.20 Å². The number of hydrogen-bond acceptors (Lipinski definition) is 4. The summed E-state index contributed by atoms with van der Waals surface area (Å²) in [6, 6.07) is 1.69. The Balaban J connectivity index is 2.22. The molecule has 1 aromatic heterocycles. The second-order valence-electron chi connectivity index (χ2n) is 4.60. The minimum absolute atomic E-state index is 0.00984. The Hall–Kier alpha value is -2.11. The molecule has 6 nitrogen and oxygen atoms in total. The number of nitrogens with one attached hydrogen (secondary N) is 1. The van der Waals surface area contributed by atoms with Crippen LogP contribution in [-0.2, 0) is 4.79 Å². The molecule has 0 bridgehead atoms. The highest BCUT2D eigenvalue weighted by Gasteiger charge is 2.27. The number of piperidine rings is 1. The molecule has 6 heteroatoms. The monoisotopic (exact) mass is 263 g/mol. The van der Waals surface area contributed by atoms with Crippen LogP contribution >= 0.6 is 0 Å². The molecule has 0 spiro atoms. The lowest BCUT2D eigenvalue weighted by molar-refractivity contribution is -0.124. The van der Waals surface area contributed by atoms with Crippen molar-refractivity contribution in [1.82, 2.24) is 10.3 Å². The van der Waals surface area contributed by atoms with Crippen LogP contribution in [0.5, 0.6) is 0 Å². The summed E-state index contributed by atoms with van der Waals surface area (Å²) in [7, 11) is 1.62. The first kappa shape index (κ1) is 13.3. The van der Waals surface area contributed by atoms with Crippen LogP contribution in [0.1, 0.15) is 23.2 Å². The molecular formula is C13H17N3O3. The van der Waals surface area contributed by atoms with E-state index in [4.69, 9.17) is 0 Å². The molecule has 0 saturated carbocycles. The molecule has 2 rings (SSSR count). The number of pyridine rings is 1. The number of amides is 1. The van der Waals surface area contributed by atoms with Gasteiger partial charge in [-0.15, -0.1) is 0 Å². The fourth-order valence-electron chi connectivity index (χ4n) is 2.44. The van der Waals surface area contributed by atoms with Gasteiger partial charge in [-0.05, 0) is 18.9 Å². The molecule has 1 amide bonds. The van der Waals surface area contributed by atoms with Gasteiger partial charge in [0.1, 0.15) is 5.56 Å². The minimum Gasteiger partial charge on any atom is -0.478 e. The van der Waals surface area contributed by atoms with Crippen molar-refractivity contribution in [3.8, 4) is 0 Å². The van der Waals surface area contributed by atoms with Gasteiger partial charge in [0.2, 0.25) is 5.91 Å². The maximum Gasteiger partial charge on any atom is 0.339 e.